The fourth-order valence-corrected chi connectivity index (χ4v) is 21.1. The van der Waals surface area contributed by atoms with Crippen LogP contribution in [0.15, 0.2) is 0 Å². The lowest BCUT2D eigenvalue weighted by Crippen LogP contribution is -2.53. The lowest BCUT2D eigenvalue weighted by Gasteiger charge is -2.44. The van der Waals surface area contributed by atoms with Gasteiger partial charge in [0.05, 0.1) is 0 Å². The van der Waals surface area contributed by atoms with Gasteiger partial charge in [0.1, 0.15) is 0 Å². The molecule has 2 saturated carbocycles. The summed E-state index contributed by atoms with van der Waals surface area (Å²) >= 11 is 0. The van der Waals surface area contributed by atoms with E-state index in [2.05, 4.69) is 0 Å². The smallest absolute Gasteiger partial charge is 0.182 e. The average molecular weight is 323 g/mol. The fraction of sp³-hybridized carbons (Fsp3) is 1.00. The highest BCUT2D eigenvalue weighted by Gasteiger charge is 2.55. The first-order valence-corrected chi connectivity index (χ1v) is 14.8. The van der Waals surface area contributed by atoms with Crippen LogP contribution in [-0.4, -0.2) is 16.6 Å². The maximum atomic E-state index is 7.59. The Hall–Kier alpha value is 0.394. The van der Waals surface area contributed by atoms with Crippen molar-refractivity contribution < 1.29 is 4.12 Å². The Bertz CT molecular complexity index is 312. The lowest BCUT2D eigenvalue weighted by atomic mass is 10.4. The second kappa shape index (κ2) is 6.12. The molecule has 0 radical (unpaired) electrons. The maximum absolute atomic E-state index is 7.59. The molecule has 0 aromatic rings. The minimum atomic E-state index is -1.34. The van der Waals surface area contributed by atoms with Gasteiger partial charge in [0.25, 0.3) is 0 Å². The Balaban J connectivity index is 1.57. The van der Waals surface area contributed by atoms with Gasteiger partial charge in [-0.05, 0) is 35.3 Å². The van der Waals surface area contributed by atoms with Crippen molar-refractivity contribution >= 4 is 16.6 Å². The van der Waals surface area contributed by atoms with E-state index in [9.17, 15) is 0 Å². The van der Waals surface area contributed by atoms with E-state index < -0.39 is 16.6 Å². The SMILES string of the molecule is C1CCC([Si]2(O[Si]3(C4CCCC4)CCCC3)CCCC2)C1. The highest BCUT2D eigenvalue weighted by molar-refractivity contribution is 6.89. The third-order valence-electron chi connectivity index (χ3n) is 7.50. The molecule has 2 aliphatic carbocycles. The first-order valence-electron chi connectivity index (χ1n) is 10.0. The van der Waals surface area contributed by atoms with Gasteiger partial charge in [0.15, 0.2) is 16.6 Å². The molecule has 0 N–H and O–H groups in total. The molecule has 21 heavy (non-hydrogen) atoms. The Labute approximate surface area is 133 Å². The molecule has 4 aliphatic rings. The van der Waals surface area contributed by atoms with Crippen LogP contribution in [0.3, 0.4) is 0 Å². The van der Waals surface area contributed by atoms with Crippen LogP contribution < -0.4 is 0 Å². The van der Waals surface area contributed by atoms with E-state index in [0.717, 1.165) is 11.1 Å². The van der Waals surface area contributed by atoms with Crippen molar-refractivity contribution in [3.63, 3.8) is 0 Å². The van der Waals surface area contributed by atoms with Crippen molar-refractivity contribution in [2.24, 2.45) is 0 Å². The van der Waals surface area contributed by atoms with Crippen molar-refractivity contribution in [3.8, 4) is 0 Å². The topological polar surface area (TPSA) is 9.23 Å². The minimum Gasteiger partial charge on any atom is -0.454 e. The molecule has 2 saturated heterocycles. The molecule has 2 heterocycles. The summed E-state index contributed by atoms with van der Waals surface area (Å²) < 4.78 is 7.59. The van der Waals surface area contributed by atoms with Crippen LogP contribution in [0.2, 0.25) is 35.3 Å². The molecule has 0 amide bonds. The van der Waals surface area contributed by atoms with Gasteiger partial charge in [-0.1, -0.05) is 77.0 Å². The van der Waals surface area contributed by atoms with Gasteiger partial charge in [-0.25, -0.2) is 0 Å². The summed E-state index contributed by atoms with van der Waals surface area (Å²) in [6.07, 6.45) is 18.3. The predicted molar refractivity (Wildman–Crippen MR) is 94.7 cm³/mol. The Morgan fingerprint density at radius 2 is 0.810 bits per heavy atom. The van der Waals surface area contributed by atoms with Gasteiger partial charge >= 0.3 is 0 Å². The number of hydrogen-bond acceptors (Lipinski definition) is 1. The van der Waals surface area contributed by atoms with Crippen LogP contribution in [0.1, 0.15) is 77.0 Å². The monoisotopic (exact) mass is 322 g/mol. The van der Waals surface area contributed by atoms with Crippen molar-refractivity contribution in [2.45, 2.75) is 112 Å². The summed E-state index contributed by atoms with van der Waals surface area (Å²) in [5.74, 6) is 0. The van der Waals surface area contributed by atoms with E-state index in [1.54, 1.807) is 49.9 Å². The van der Waals surface area contributed by atoms with E-state index in [1.165, 1.54) is 51.4 Å². The molecule has 0 bridgehead atoms. The largest absolute Gasteiger partial charge is 0.454 e. The van der Waals surface area contributed by atoms with E-state index in [1.807, 2.05) is 0 Å². The van der Waals surface area contributed by atoms with E-state index >= 15 is 0 Å². The Morgan fingerprint density at radius 3 is 1.14 bits per heavy atom. The molecule has 0 aromatic heterocycles. The third kappa shape index (κ3) is 2.72. The first-order chi connectivity index (χ1) is 10.3. The summed E-state index contributed by atoms with van der Waals surface area (Å²) in [5, 5.41) is 0. The molecular weight excluding hydrogens is 288 g/mol. The van der Waals surface area contributed by atoms with Crippen molar-refractivity contribution in [1.29, 1.82) is 0 Å². The maximum Gasteiger partial charge on any atom is 0.182 e. The van der Waals surface area contributed by atoms with Crippen LogP contribution in [0, 0.1) is 0 Å². The average Bonchev–Trinajstić information content (AvgIpc) is 3.29. The molecular formula is C18H34OSi2. The van der Waals surface area contributed by atoms with Gasteiger partial charge in [0, 0.05) is 0 Å². The van der Waals surface area contributed by atoms with Crippen molar-refractivity contribution in [2.75, 3.05) is 0 Å². The van der Waals surface area contributed by atoms with Crippen LogP contribution in [0.25, 0.3) is 0 Å². The summed E-state index contributed by atoms with van der Waals surface area (Å²) in [7, 11) is -2.68. The molecule has 1 nitrogen and oxygen atoms in total. The van der Waals surface area contributed by atoms with Gasteiger partial charge < -0.3 is 4.12 Å². The van der Waals surface area contributed by atoms with Gasteiger partial charge in [-0.3, -0.25) is 0 Å². The number of rotatable bonds is 4. The molecule has 2 aliphatic heterocycles. The van der Waals surface area contributed by atoms with Crippen LogP contribution in [0.4, 0.5) is 0 Å². The predicted octanol–water partition coefficient (Wildman–Crippen LogP) is 6.37. The first kappa shape index (κ1) is 15.0. The minimum absolute atomic E-state index is 1.08. The molecule has 0 unspecified atom stereocenters. The molecule has 120 valence electrons. The normalized spacial score (nSPS) is 33.1. The van der Waals surface area contributed by atoms with Crippen LogP contribution in [-0.2, 0) is 4.12 Å². The van der Waals surface area contributed by atoms with Gasteiger partial charge in [-0.15, -0.1) is 0 Å². The molecule has 4 rings (SSSR count). The molecule has 0 atom stereocenters. The third-order valence-corrected chi connectivity index (χ3v) is 19.7. The quantitative estimate of drug-likeness (QED) is 0.546. The van der Waals surface area contributed by atoms with Crippen LogP contribution >= 0.6 is 0 Å². The van der Waals surface area contributed by atoms with Crippen LogP contribution in [0.5, 0.6) is 0 Å². The summed E-state index contributed by atoms with van der Waals surface area (Å²) in [5.41, 5.74) is 2.15. The molecule has 0 spiro atoms. The Kier molecular flexibility index (Phi) is 4.36. The lowest BCUT2D eigenvalue weighted by molar-refractivity contribution is 0.474. The molecule has 0 aromatic carbocycles. The molecule has 3 heteroatoms. The van der Waals surface area contributed by atoms with Crippen molar-refractivity contribution in [1.82, 2.24) is 0 Å². The summed E-state index contributed by atoms with van der Waals surface area (Å²) in [6, 6.07) is 6.22. The zero-order chi connectivity index (χ0) is 14.2. The van der Waals surface area contributed by atoms with Gasteiger partial charge in [0.2, 0.25) is 0 Å². The second-order valence-electron chi connectivity index (χ2n) is 8.61. The highest BCUT2D eigenvalue weighted by atomic mass is 28.4. The second-order valence-corrected chi connectivity index (χ2v) is 17.3. The van der Waals surface area contributed by atoms with Gasteiger partial charge in [-0.2, -0.15) is 0 Å². The van der Waals surface area contributed by atoms with E-state index in [0.29, 0.717) is 0 Å². The zero-order valence-corrected chi connectivity index (χ0v) is 15.9. The van der Waals surface area contributed by atoms with E-state index in [-0.39, 0.29) is 0 Å². The van der Waals surface area contributed by atoms with E-state index in [4.69, 9.17) is 4.12 Å². The highest BCUT2D eigenvalue weighted by Crippen LogP contribution is 2.55. The number of hydrogen-bond donors (Lipinski definition) is 0. The zero-order valence-electron chi connectivity index (χ0n) is 13.9. The van der Waals surface area contributed by atoms with Crippen molar-refractivity contribution in [3.05, 3.63) is 0 Å². The Morgan fingerprint density at radius 1 is 0.476 bits per heavy atom. The molecule has 4 fully saturated rings. The summed E-state index contributed by atoms with van der Waals surface area (Å²) in [4.78, 5) is 0. The fourth-order valence-electron chi connectivity index (χ4n) is 6.44. The summed E-state index contributed by atoms with van der Waals surface area (Å²) in [6.45, 7) is 0. The standard InChI is InChI=1S/C18H34OSi2/c1-2-10-17(9-1)20(13-5-6-14-20)19-21(15-7-8-16-21)18-11-3-4-12-18/h17-18H,1-16H2.